The van der Waals surface area contributed by atoms with E-state index in [4.69, 9.17) is 0 Å². The molecule has 4 aromatic heterocycles. The van der Waals surface area contributed by atoms with Crippen LogP contribution in [0.15, 0.2) is 103 Å². The Morgan fingerprint density at radius 2 is 1.24 bits per heavy atom. The van der Waals surface area contributed by atoms with Gasteiger partial charge in [0, 0.05) is 43.7 Å². The summed E-state index contributed by atoms with van der Waals surface area (Å²) in [5, 5.41) is 9.37. The number of amides is 2. The van der Waals surface area contributed by atoms with Crippen LogP contribution < -0.4 is 10.6 Å². The fourth-order valence-electron chi connectivity index (χ4n) is 3.67. The minimum absolute atomic E-state index is 0.137. The Labute approximate surface area is 225 Å². The Hall–Kier alpha value is -4.73. The average molecular weight is 537 g/mol. The lowest BCUT2D eigenvalue weighted by atomic mass is 10.2. The van der Waals surface area contributed by atoms with Crippen LogP contribution in [0.25, 0.3) is 20.2 Å². The zero-order valence-electron chi connectivity index (χ0n) is 19.8. The van der Waals surface area contributed by atoms with Gasteiger partial charge in [-0.2, -0.15) is 0 Å². The molecule has 0 atom stereocenters. The Kier molecular flexibility index (Phi) is 7.58. The number of nitrogens with zero attached hydrogens (tertiary/aromatic N) is 2. The Balaban J connectivity index is 0.000000156. The van der Waals surface area contributed by atoms with E-state index in [9.17, 15) is 14.4 Å². The summed E-state index contributed by atoms with van der Waals surface area (Å²) in [7, 11) is 0. The lowest BCUT2D eigenvalue weighted by Gasteiger charge is -2.05. The first-order valence-corrected chi connectivity index (χ1v) is 13.2. The fraction of sp³-hybridized carbons (Fsp3) is 0. The van der Waals surface area contributed by atoms with Crippen molar-refractivity contribution in [1.29, 1.82) is 0 Å². The highest BCUT2D eigenvalue weighted by Gasteiger charge is 2.11. The molecule has 2 aromatic carbocycles. The lowest BCUT2D eigenvalue weighted by Crippen LogP contribution is -2.12. The highest BCUT2D eigenvalue weighted by atomic mass is 32.1. The molecule has 6 aromatic rings. The van der Waals surface area contributed by atoms with Crippen molar-refractivity contribution in [3.05, 3.63) is 119 Å². The molecule has 0 saturated heterocycles. The molecule has 4 heterocycles. The number of thiophene rings is 2. The fourth-order valence-corrected chi connectivity index (χ4v) is 5.33. The van der Waals surface area contributed by atoms with E-state index in [-0.39, 0.29) is 11.8 Å². The van der Waals surface area contributed by atoms with Gasteiger partial charge in [-0.05, 0) is 53.9 Å². The number of hydrogen-bond acceptors (Lipinski definition) is 7. The van der Waals surface area contributed by atoms with Crippen molar-refractivity contribution >= 4 is 72.6 Å². The maximum Gasteiger partial charge on any atom is 0.256 e. The minimum Gasteiger partial charge on any atom is -0.306 e. The van der Waals surface area contributed by atoms with Crippen molar-refractivity contribution in [3.63, 3.8) is 0 Å². The molecule has 186 valence electrons. The lowest BCUT2D eigenvalue weighted by molar-refractivity contribution is 0.101. The maximum absolute atomic E-state index is 12.1. The molecule has 0 unspecified atom stereocenters. The zero-order valence-corrected chi connectivity index (χ0v) is 21.5. The van der Waals surface area contributed by atoms with Gasteiger partial charge in [0.2, 0.25) is 0 Å². The number of hydrogen-bond donors (Lipinski definition) is 2. The third-order valence-corrected chi connectivity index (χ3v) is 7.40. The summed E-state index contributed by atoms with van der Waals surface area (Å²) in [5.41, 5.74) is 1.20. The van der Waals surface area contributed by atoms with Crippen molar-refractivity contribution in [3.8, 4) is 0 Å². The van der Waals surface area contributed by atoms with Gasteiger partial charge >= 0.3 is 0 Å². The molecule has 7 nitrogen and oxygen atoms in total. The van der Waals surface area contributed by atoms with Crippen LogP contribution in [0.5, 0.6) is 0 Å². The van der Waals surface area contributed by atoms with E-state index < -0.39 is 0 Å². The van der Waals surface area contributed by atoms with Gasteiger partial charge in [-0.15, -0.1) is 22.7 Å². The van der Waals surface area contributed by atoms with Gasteiger partial charge in [0.25, 0.3) is 11.8 Å². The molecule has 38 heavy (non-hydrogen) atoms. The molecule has 2 amide bonds. The first-order valence-electron chi connectivity index (χ1n) is 11.5. The normalized spacial score (nSPS) is 10.4. The van der Waals surface area contributed by atoms with Crippen molar-refractivity contribution in [1.82, 2.24) is 9.97 Å². The standard InChI is InChI=1S/C15H10N2O2S.C14H10N2OS/c18-9-11-8-12-13(20-11)6-7-16-14(12)17-15(19)10-4-2-1-3-5-10;17-14(10-4-2-1-3-5-10)16-13-11-7-9-18-12(11)6-8-15-13/h1-9H,(H,16,17,19);1-9H,(H,15,16,17). The van der Waals surface area contributed by atoms with Crippen LogP contribution in [0.4, 0.5) is 11.6 Å². The monoisotopic (exact) mass is 536 g/mol. The van der Waals surface area contributed by atoms with Crippen LogP contribution >= 0.6 is 22.7 Å². The Morgan fingerprint density at radius 3 is 1.82 bits per heavy atom. The molecule has 0 aliphatic rings. The summed E-state index contributed by atoms with van der Waals surface area (Å²) in [5.74, 6) is 0.731. The van der Waals surface area contributed by atoms with E-state index in [1.165, 1.54) is 11.3 Å². The second-order valence-corrected chi connectivity index (χ2v) is 10.0. The van der Waals surface area contributed by atoms with Gasteiger partial charge in [0.1, 0.15) is 11.6 Å². The molecule has 0 saturated carbocycles. The third kappa shape index (κ3) is 5.64. The number of anilines is 2. The van der Waals surface area contributed by atoms with Crippen LogP contribution in [0.3, 0.4) is 0 Å². The predicted molar refractivity (Wildman–Crippen MR) is 153 cm³/mol. The van der Waals surface area contributed by atoms with E-state index in [0.717, 1.165) is 26.5 Å². The number of nitrogens with one attached hydrogen (secondary N) is 2. The number of fused-ring (bicyclic) bond motifs is 2. The van der Waals surface area contributed by atoms with Crippen molar-refractivity contribution in [2.75, 3.05) is 10.6 Å². The van der Waals surface area contributed by atoms with Gasteiger partial charge in [-0.1, -0.05) is 36.4 Å². The van der Waals surface area contributed by atoms with Crippen molar-refractivity contribution in [2.45, 2.75) is 0 Å². The van der Waals surface area contributed by atoms with E-state index >= 15 is 0 Å². The molecule has 0 aliphatic heterocycles. The van der Waals surface area contributed by atoms with Crippen LogP contribution in [-0.4, -0.2) is 28.1 Å². The van der Waals surface area contributed by atoms with Gasteiger partial charge in [-0.3, -0.25) is 14.4 Å². The Bertz CT molecular complexity index is 1730. The number of pyridine rings is 2. The molecule has 0 radical (unpaired) electrons. The molecule has 6 rings (SSSR count). The van der Waals surface area contributed by atoms with E-state index in [0.29, 0.717) is 27.6 Å². The summed E-state index contributed by atoms with van der Waals surface area (Å²) in [6, 6.07) is 25.5. The summed E-state index contributed by atoms with van der Waals surface area (Å²) in [6.45, 7) is 0. The second kappa shape index (κ2) is 11.5. The SMILES string of the molecule is O=C(Nc1nccc2sccc12)c1ccccc1.O=Cc1cc2c(NC(=O)c3ccccc3)nccc2s1. The first-order chi connectivity index (χ1) is 18.6. The molecule has 2 N–H and O–H groups in total. The van der Waals surface area contributed by atoms with Crippen LogP contribution in [0, 0.1) is 0 Å². The van der Waals surface area contributed by atoms with Gasteiger partial charge in [0.05, 0.1) is 4.88 Å². The molecule has 9 heteroatoms. The highest BCUT2D eigenvalue weighted by molar-refractivity contribution is 7.20. The topological polar surface area (TPSA) is 101 Å². The smallest absolute Gasteiger partial charge is 0.256 e. The number of aromatic nitrogens is 2. The second-order valence-electron chi connectivity index (χ2n) is 7.97. The molecular weight excluding hydrogens is 516 g/mol. The van der Waals surface area contributed by atoms with Crippen LogP contribution in [-0.2, 0) is 0 Å². The molecule has 0 aliphatic carbocycles. The summed E-state index contributed by atoms with van der Waals surface area (Å²) in [6.07, 6.45) is 4.13. The maximum atomic E-state index is 12.1. The van der Waals surface area contributed by atoms with Crippen molar-refractivity contribution < 1.29 is 14.4 Å². The quantitative estimate of drug-likeness (QED) is 0.233. The van der Waals surface area contributed by atoms with E-state index in [2.05, 4.69) is 20.6 Å². The zero-order chi connectivity index (χ0) is 26.3. The first kappa shape index (κ1) is 24.9. The van der Waals surface area contributed by atoms with Gasteiger partial charge in [0.15, 0.2) is 6.29 Å². The summed E-state index contributed by atoms with van der Waals surface area (Å²) >= 11 is 3.01. The van der Waals surface area contributed by atoms with Crippen LogP contribution in [0.2, 0.25) is 0 Å². The molecule has 0 fully saturated rings. The number of rotatable bonds is 5. The number of benzene rings is 2. The van der Waals surface area contributed by atoms with Crippen LogP contribution in [0.1, 0.15) is 30.4 Å². The number of aldehydes is 1. The number of carbonyl (C=O) groups is 3. The molecule has 0 spiro atoms. The van der Waals surface area contributed by atoms with Gasteiger partial charge < -0.3 is 10.6 Å². The minimum atomic E-state index is -0.218. The third-order valence-electron chi connectivity index (χ3n) is 5.50. The molecule has 0 bridgehead atoms. The summed E-state index contributed by atoms with van der Waals surface area (Å²) < 4.78 is 2.04. The molecular formula is C29H20N4O3S2. The van der Waals surface area contributed by atoms with Crippen molar-refractivity contribution in [2.24, 2.45) is 0 Å². The largest absolute Gasteiger partial charge is 0.306 e. The highest BCUT2D eigenvalue weighted by Crippen LogP contribution is 2.29. The van der Waals surface area contributed by atoms with E-state index in [1.807, 2.05) is 47.8 Å². The Morgan fingerprint density at radius 1 is 0.684 bits per heavy atom. The predicted octanol–water partition coefficient (Wildman–Crippen LogP) is 6.91. The summed E-state index contributed by atoms with van der Waals surface area (Å²) in [4.78, 5) is 44.0. The average Bonchev–Trinajstić information content (AvgIpc) is 3.63. The van der Waals surface area contributed by atoms with Gasteiger partial charge in [-0.25, -0.2) is 9.97 Å². The van der Waals surface area contributed by atoms with E-state index in [1.54, 1.807) is 66.2 Å². The number of carbonyl (C=O) groups excluding carboxylic acids is 3.